The molecule has 3 aromatic rings. The number of rotatable bonds is 7. The van der Waals surface area contributed by atoms with E-state index in [-0.39, 0.29) is 40.9 Å². The lowest BCUT2D eigenvalue weighted by Gasteiger charge is -2.35. The van der Waals surface area contributed by atoms with Crippen molar-refractivity contribution in [3.63, 3.8) is 0 Å². The fourth-order valence-electron chi connectivity index (χ4n) is 4.28. The van der Waals surface area contributed by atoms with Crippen LogP contribution in [0.4, 0.5) is 27.6 Å². The van der Waals surface area contributed by atoms with Crippen LogP contribution in [0.15, 0.2) is 59.5 Å². The number of benzene rings is 3. The Morgan fingerprint density at radius 1 is 1.15 bits per heavy atom. The summed E-state index contributed by atoms with van der Waals surface area (Å²) in [4.78, 5) is 10.1. The first-order valence-electron chi connectivity index (χ1n) is 11.7. The number of nitrogens with zero attached hydrogens (tertiary/aromatic N) is 1. The molecule has 0 saturated carbocycles. The quantitative estimate of drug-likeness (QED) is 0.232. The van der Waals surface area contributed by atoms with E-state index < -0.39 is 56.9 Å². The summed E-state index contributed by atoms with van der Waals surface area (Å²) in [6.07, 6.45) is -4.92. The third kappa shape index (κ3) is 6.23. The number of fused-ring (bicyclic) bond motifs is 1. The number of hydrogen-bond acceptors (Lipinski definition) is 4. The molecular formula is C27H21ClF5NO5S. The highest BCUT2D eigenvalue weighted by molar-refractivity contribution is 7.92. The van der Waals surface area contributed by atoms with E-state index in [0.717, 1.165) is 4.31 Å². The summed E-state index contributed by atoms with van der Waals surface area (Å²) < 4.78 is 102. The average molecular weight is 602 g/mol. The van der Waals surface area contributed by atoms with Crippen molar-refractivity contribution < 1.29 is 45.0 Å². The first-order chi connectivity index (χ1) is 18.7. The molecular weight excluding hydrogens is 581 g/mol. The van der Waals surface area contributed by atoms with Crippen molar-refractivity contribution in [1.29, 1.82) is 0 Å². The topological polar surface area (TPSA) is 83.9 Å². The van der Waals surface area contributed by atoms with Crippen LogP contribution in [0.5, 0.6) is 5.75 Å². The van der Waals surface area contributed by atoms with Crippen LogP contribution in [-0.2, 0) is 21.0 Å². The Hall–Kier alpha value is -3.64. The van der Waals surface area contributed by atoms with Crippen LogP contribution >= 0.6 is 11.6 Å². The molecule has 6 nitrogen and oxygen atoms in total. The van der Waals surface area contributed by atoms with Gasteiger partial charge >= 0.3 is 12.1 Å². The molecule has 1 aliphatic rings. The SMILES string of the molecule is C/C(=C\c1ccc2c(c1)N(S(=O)(=O)c1cc(F)cc(C(F)(F)F)c1)C[C@H](CCC(=O)O)O2)c1c(F)cccc1Cl. The maximum atomic E-state index is 14.4. The molecule has 0 saturated heterocycles. The molecule has 0 aliphatic carbocycles. The van der Waals surface area contributed by atoms with Crippen LogP contribution in [0.1, 0.15) is 36.5 Å². The molecule has 212 valence electrons. The first kappa shape index (κ1) is 29.3. The number of aliphatic carboxylic acids is 1. The van der Waals surface area contributed by atoms with Gasteiger partial charge in [0.1, 0.15) is 23.5 Å². The Bertz CT molecular complexity index is 1590. The van der Waals surface area contributed by atoms with E-state index in [4.69, 9.17) is 21.4 Å². The third-order valence-corrected chi connectivity index (χ3v) is 8.19. The van der Waals surface area contributed by atoms with Crippen molar-refractivity contribution in [3.8, 4) is 5.75 Å². The minimum absolute atomic E-state index is 0.0105. The van der Waals surface area contributed by atoms with Gasteiger partial charge in [-0.25, -0.2) is 17.2 Å². The summed E-state index contributed by atoms with van der Waals surface area (Å²) in [6.45, 7) is 1.13. The smallest absolute Gasteiger partial charge is 0.416 e. The minimum atomic E-state index is -5.01. The number of carboxylic acid groups (broad SMARTS) is 1. The van der Waals surface area contributed by atoms with Crippen molar-refractivity contribution in [2.24, 2.45) is 0 Å². The second kappa shape index (κ2) is 11.1. The van der Waals surface area contributed by atoms with E-state index >= 15 is 0 Å². The van der Waals surface area contributed by atoms with Gasteiger partial charge in [-0.05, 0) is 66.9 Å². The number of sulfonamides is 1. The maximum Gasteiger partial charge on any atom is 0.416 e. The van der Waals surface area contributed by atoms with E-state index in [2.05, 4.69) is 0 Å². The van der Waals surface area contributed by atoms with Crippen LogP contribution in [0.2, 0.25) is 5.02 Å². The standard InChI is InChI=1S/C27H21ClF5NO5S/c1-15(26-21(28)3-2-4-22(26)30)9-16-5-7-24-23(10-16)34(14-19(39-24)6-8-25(35)36)40(37,38)20-12-17(27(31,32)33)11-18(29)13-20/h2-5,7,9-13,19H,6,8,14H2,1H3,(H,35,36)/b15-9+/t19-/m0/s1. The number of carboxylic acids is 1. The van der Waals surface area contributed by atoms with Crippen LogP contribution in [0, 0.1) is 11.6 Å². The molecule has 0 amide bonds. The highest BCUT2D eigenvalue weighted by atomic mass is 35.5. The Kier molecular flexibility index (Phi) is 8.13. The maximum absolute atomic E-state index is 14.4. The van der Waals surface area contributed by atoms with Gasteiger partial charge in [0.15, 0.2) is 0 Å². The zero-order valence-corrected chi connectivity index (χ0v) is 22.2. The van der Waals surface area contributed by atoms with Crippen molar-refractivity contribution >= 4 is 44.9 Å². The Morgan fingerprint density at radius 3 is 2.52 bits per heavy atom. The molecule has 0 bridgehead atoms. The molecule has 1 heterocycles. The van der Waals surface area contributed by atoms with Crippen molar-refractivity contribution in [2.45, 2.75) is 36.9 Å². The summed E-state index contributed by atoms with van der Waals surface area (Å²) in [5.41, 5.74) is -0.676. The normalized spacial score (nSPS) is 15.9. The lowest BCUT2D eigenvalue weighted by atomic mass is 10.0. The van der Waals surface area contributed by atoms with E-state index in [1.54, 1.807) is 6.92 Å². The molecule has 3 aromatic carbocycles. The van der Waals surface area contributed by atoms with Crippen molar-refractivity contribution in [3.05, 3.63) is 87.9 Å². The number of anilines is 1. The van der Waals surface area contributed by atoms with Gasteiger partial charge in [-0.3, -0.25) is 9.10 Å². The molecule has 0 spiro atoms. The molecule has 1 aliphatic heterocycles. The number of alkyl halides is 3. The largest absolute Gasteiger partial charge is 0.486 e. The van der Waals surface area contributed by atoms with Crippen LogP contribution in [0.3, 0.4) is 0 Å². The first-order valence-corrected chi connectivity index (χ1v) is 13.5. The number of halogens is 6. The zero-order chi connectivity index (χ0) is 29.4. The Labute approximate surface area is 231 Å². The fraction of sp³-hybridized carbons (Fsp3) is 0.222. The van der Waals surface area contributed by atoms with E-state index in [0.29, 0.717) is 23.3 Å². The summed E-state index contributed by atoms with van der Waals surface area (Å²) in [5, 5.41) is 9.20. The lowest BCUT2D eigenvalue weighted by Crippen LogP contribution is -2.43. The number of ether oxygens (including phenoxy) is 1. The van der Waals surface area contributed by atoms with E-state index in [1.165, 1.54) is 42.5 Å². The Morgan fingerprint density at radius 2 is 1.88 bits per heavy atom. The van der Waals surface area contributed by atoms with Crippen LogP contribution in [-0.4, -0.2) is 32.1 Å². The molecule has 13 heteroatoms. The molecule has 4 rings (SSSR count). The average Bonchev–Trinajstić information content (AvgIpc) is 2.86. The van der Waals surface area contributed by atoms with Gasteiger partial charge in [-0.1, -0.05) is 29.8 Å². The molecule has 0 radical (unpaired) electrons. The molecule has 0 aromatic heterocycles. The van der Waals surface area contributed by atoms with Crippen molar-refractivity contribution in [2.75, 3.05) is 10.8 Å². The highest BCUT2D eigenvalue weighted by Gasteiger charge is 2.38. The lowest BCUT2D eigenvalue weighted by molar-refractivity contribution is -0.138. The highest BCUT2D eigenvalue weighted by Crippen LogP contribution is 2.40. The van der Waals surface area contributed by atoms with Crippen molar-refractivity contribution in [1.82, 2.24) is 0 Å². The monoisotopic (exact) mass is 601 g/mol. The summed E-state index contributed by atoms with van der Waals surface area (Å²) in [6, 6.07) is 9.44. The van der Waals surface area contributed by atoms with Gasteiger partial charge in [0.05, 0.1) is 27.7 Å². The molecule has 1 atom stereocenters. The van der Waals surface area contributed by atoms with Gasteiger partial charge in [0.25, 0.3) is 10.0 Å². The van der Waals surface area contributed by atoms with E-state index in [1.807, 2.05) is 0 Å². The minimum Gasteiger partial charge on any atom is -0.486 e. The molecule has 40 heavy (non-hydrogen) atoms. The van der Waals surface area contributed by atoms with Crippen LogP contribution in [0.25, 0.3) is 11.6 Å². The van der Waals surface area contributed by atoms with Gasteiger partial charge < -0.3 is 9.84 Å². The summed E-state index contributed by atoms with van der Waals surface area (Å²) in [5.74, 6) is -3.14. The number of hydrogen-bond donors (Lipinski definition) is 1. The van der Waals surface area contributed by atoms with Crippen LogP contribution < -0.4 is 9.04 Å². The van der Waals surface area contributed by atoms with Gasteiger partial charge in [-0.15, -0.1) is 0 Å². The molecule has 0 fully saturated rings. The second-order valence-corrected chi connectivity index (χ2v) is 11.3. The summed E-state index contributed by atoms with van der Waals surface area (Å²) >= 11 is 6.14. The second-order valence-electron chi connectivity index (χ2n) is 9.03. The summed E-state index contributed by atoms with van der Waals surface area (Å²) in [7, 11) is -4.80. The van der Waals surface area contributed by atoms with Gasteiger partial charge in [0, 0.05) is 12.0 Å². The number of allylic oxidation sites excluding steroid dienone is 1. The van der Waals surface area contributed by atoms with Gasteiger partial charge in [-0.2, -0.15) is 13.2 Å². The third-order valence-electron chi connectivity index (χ3n) is 6.12. The van der Waals surface area contributed by atoms with Gasteiger partial charge in [0.2, 0.25) is 0 Å². The molecule has 0 unspecified atom stereocenters. The predicted octanol–water partition coefficient (Wildman–Crippen LogP) is 7.02. The zero-order valence-electron chi connectivity index (χ0n) is 20.7. The predicted molar refractivity (Wildman–Crippen MR) is 139 cm³/mol. The fourth-order valence-corrected chi connectivity index (χ4v) is 6.15. The van der Waals surface area contributed by atoms with E-state index in [9.17, 15) is 35.2 Å². The Balaban J connectivity index is 1.82. The molecule has 1 N–H and O–H groups in total. The number of carbonyl (C=O) groups is 1.